The summed E-state index contributed by atoms with van der Waals surface area (Å²) in [6, 6.07) is 15.5. The van der Waals surface area contributed by atoms with Crippen LogP contribution in [0.1, 0.15) is 12.0 Å². The van der Waals surface area contributed by atoms with E-state index < -0.39 is 0 Å². The summed E-state index contributed by atoms with van der Waals surface area (Å²) >= 11 is 0. The minimum atomic E-state index is -0.338. The van der Waals surface area contributed by atoms with E-state index in [9.17, 15) is 14.7 Å². The van der Waals surface area contributed by atoms with Crippen LogP contribution in [0, 0.1) is 0 Å². The van der Waals surface area contributed by atoms with Gasteiger partial charge in [-0.1, -0.05) is 36.4 Å². The molecule has 2 amide bonds. The third kappa shape index (κ3) is 2.43. The molecule has 4 heteroatoms. The Bertz CT molecular complexity index is 735. The van der Waals surface area contributed by atoms with Gasteiger partial charge in [0.1, 0.15) is 5.75 Å². The molecular weight excluding hydrogens is 266 g/mol. The minimum absolute atomic E-state index is 0.0437. The summed E-state index contributed by atoms with van der Waals surface area (Å²) in [6.07, 6.45) is 1.61. The molecule has 3 rings (SSSR count). The summed E-state index contributed by atoms with van der Waals surface area (Å²) in [5.41, 5.74) is 1.47. The Labute approximate surface area is 121 Å². The van der Waals surface area contributed by atoms with E-state index in [0.29, 0.717) is 16.8 Å². The Kier molecular flexibility index (Phi) is 3.28. The van der Waals surface area contributed by atoms with Gasteiger partial charge < -0.3 is 5.11 Å². The largest absolute Gasteiger partial charge is 0.507 e. The van der Waals surface area contributed by atoms with E-state index in [1.807, 2.05) is 6.07 Å². The summed E-state index contributed by atoms with van der Waals surface area (Å²) in [4.78, 5) is 25.6. The van der Waals surface area contributed by atoms with Gasteiger partial charge in [0.2, 0.25) is 5.91 Å². The molecule has 4 nitrogen and oxygen atoms in total. The van der Waals surface area contributed by atoms with Gasteiger partial charge in [-0.15, -0.1) is 0 Å². The normalized spacial score (nSPS) is 16.8. The average molecular weight is 279 g/mol. The first kappa shape index (κ1) is 13.1. The van der Waals surface area contributed by atoms with Crippen molar-refractivity contribution in [1.29, 1.82) is 0 Å². The van der Waals surface area contributed by atoms with Crippen LogP contribution >= 0.6 is 0 Å². The third-order valence-electron chi connectivity index (χ3n) is 3.35. The van der Waals surface area contributed by atoms with Crippen LogP contribution in [0.3, 0.4) is 0 Å². The summed E-state index contributed by atoms with van der Waals surface area (Å²) in [5.74, 6) is -0.509. The molecule has 0 bridgehead atoms. The molecular formula is C17H13NO3. The Morgan fingerprint density at radius 1 is 0.952 bits per heavy atom. The molecule has 1 aliphatic rings. The Morgan fingerprint density at radius 3 is 2.33 bits per heavy atom. The maximum absolute atomic E-state index is 12.4. The van der Waals surface area contributed by atoms with E-state index in [1.54, 1.807) is 54.6 Å². The number of phenolic OH excluding ortho intramolecular Hbond substituents is 1. The van der Waals surface area contributed by atoms with Gasteiger partial charge in [0, 0.05) is 11.1 Å². The molecule has 1 aliphatic heterocycles. The fourth-order valence-corrected chi connectivity index (χ4v) is 2.32. The Morgan fingerprint density at radius 2 is 1.62 bits per heavy atom. The number of benzene rings is 2. The van der Waals surface area contributed by atoms with E-state index in [1.165, 1.54) is 4.90 Å². The monoisotopic (exact) mass is 279 g/mol. The van der Waals surface area contributed by atoms with Gasteiger partial charge in [-0.05, 0) is 24.3 Å². The molecule has 0 aromatic heterocycles. The third-order valence-corrected chi connectivity index (χ3v) is 3.35. The number of imide groups is 1. The lowest BCUT2D eigenvalue weighted by molar-refractivity contribution is -0.120. The maximum atomic E-state index is 12.4. The molecule has 0 spiro atoms. The van der Waals surface area contributed by atoms with Crippen molar-refractivity contribution in [3.63, 3.8) is 0 Å². The van der Waals surface area contributed by atoms with Crippen molar-refractivity contribution in [1.82, 2.24) is 0 Å². The summed E-state index contributed by atoms with van der Waals surface area (Å²) in [6.45, 7) is 0. The van der Waals surface area contributed by atoms with Gasteiger partial charge in [-0.2, -0.15) is 0 Å². The molecule has 0 atom stereocenters. The number of aromatic hydroxyl groups is 1. The number of anilines is 1. The first-order chi connectivity index (χ1) is 10.2. The van der Waals surface area contributed by atoms with Crippen LogP contribution in [-0.4, -0.2) is 16.9 Å². The van der Waals surface area contributed by atoms with Gasteiger partial charge in [0.05, 0.1) is 12.1 Å². The molecule has 104 valence electrons. The number of carbonyl (C=O) groups is 2. The molecule has 1 N–H and O–H groups in total. The minimum Gasteiger partial charge on any atom is -0.507 e. The van der Waals surface area contributed by atoms with Crippen molar-refractivity contribution >= 4 is 23.6 Å². The van der Waals surface area contributed by atoms with E-state index in [0.717, 1.165) is 0 Å². The first-order valence-electron chi connectivity index (χ1n) is 6.58. The summed E-state index contributed by atoms with van der Waals surface area (Å²) in [5, 5.41) is 9.75. The molecule has 0 aliphatic carbocycles. The molecule has 0 unspecified atom stereocenters. The smallest absolute Gasteiger partial charge is 0.261 e. The van der Waals surface area contributed by atoms with Crippen molar-refractivity contribution < 1.29 is 14.7 Å². The zero-order valence-corrected chi connectivity index (χ0v) is 11.2. The van der Waals surface area contributed by atoms with Crippen molar-refractivity contribution in [2.24, 2.45) is 0 Å². The average Bonchev–Trinajstić information content (AvgIpc) is 2.77. The van der Waals surface area contributed by atoms with E-state index in [2.05, 4.69) is 0 Å². The van der Waals surface area contributed by atoms with Gasteiger partial charge in [-0.3, -0.25) is 9.59 Å². The molecule has 0 radical (unpaired) electrons. The van der Waals surface area contributed by atoms with Gasteiger partial charge in [0.25, 0.3) is 5.91 Å². The fraction of sp³-hybridized carbons (Fsp3) is 0.0588. The van der Waals surface area contributed by atoms with Crippen LogP contribution in [0.5, 0.6) is 5.75 Å². The lowest BCUT2D eigenvalue weighted by atomic mass is 10.1. The van der Waals surface area contributed by atoms with Gasteiger partial charge in [0.15, 0.2) is 0 Å². The molecule has 1 fully saturated rings. The van der Waals surface area contributed by atoms with Crippen LogP contribution in [0.15, 0.2) is 60.2 Å². The molecule has 1 heterocycles. The quantitative estimate of drug-likeness (QED) is 0.679. The van der Waals surface area contributed by atoms with Crippen LogP contribution in [0.4, 0.5) is 5.69 Å². The van der Waals surface area contributed by atoms with Crippen molar-refractivity contribution in [2.45, 2.75) is 6.42 Å². The van der Waals surface area contributed by atoms with E-state index >= 15 is 0 Å². The molecule has 2 aromatic carbocycles. The highest BCUT2D eigenvalue weighted by Crippen LogP contribution is 2.28. The lowest BCUT2D eigenvalue weighted by Gasteiger charge is -2.12. The Hall–Kier alpha value is -2.88. The van der Waals surface area contributed by atoms with Crippen LogP contribution < -0.4 is 4.90 Å². The zero-order chi connectivity index (χ0) is 14.8. The molecule has 21 heavy (non-hydrogen) atoms. The number of carbonyl (C=O) groups excluding carboxylic acids is 2. The Balaban J connectivity index is 1.96. The standard InChI is InChI=1S/C17H13NO3/c19-15-9-5-4-6-12(15)10-13-11-16(20)18(17(13)21)14-7-2-1-3-8-14/h1-10,19H,11H2/b13-10+. The van der Waals surface area contributed by atoms with Crippen LogP contribution in [0.25, 0.3) is 6.08 Å². The highest BCUT2D eigenvalue weighted by molar-refractivity contribution is 6.29. The van der Waals surface area contributed by atoms with Crippen molar-refractivity contribution in [3.8, 4) is 5.75 Å². The predicted molar refractivity (Wildman–Crippen MR) is 79.6 cm³/mol. The highest BCUT2D eigenvalue weighted by atomic mass is 16.3. The van der Waals surface area contributed by atoms with Gasteiger partial charge >= 0.3 is 0 Å². The maximum Gasteiger partial charge on any atom is 0.261 e. The number of rotatable bonds is 2. The van der Waals surface area contributed by atoms with Crippen LogP contribution in [0.2, 0.25) is 0 Å². The molecule has 0 saturated carbocycles. The van der Waals surface area contributed by atoms with Crippen molar-refractivity contribution in [2.75, 3.05) is 4.90 Å². The fourth-order valence-electron chi connectivity index (χ4n) is 2.32. The predicted octanol–water partition coefficient (Wildman–Crippen LogP) is 2.74. The number of amides is 2. The van der Waals surface area contributed by atoms with Gasteiger partial charge in [-0.25, -0.2) is 4.90 Å². The number of para-hydroxylation sites is 2. The number of nitrogens with zero attached hydrogens (tertiary/aromatic N) is 1. The second kappa shape index (κ2) is 5.25. The zero-order valence-electron chi connectivity index (χ0n) is 11.2. The second-order valence-corrected chi connectivity index (χ2v) is 4.78. The van der Waals surface area contributed by atoms with Crippen LogP contribution in [-0.2, 0) is 9.59 Å². The number of phenols is 1. The summed E-state index contributed by atoms with van der Waals surface area (Å²) < 4.78 is 0. The highest BCUT2D eigenvalue weighted by Gasteiger charge is 2.34. The van der Waals surface area contributed by atoms with Crippen molar-refractivity contribution in [3.05, 3.63) is 65.7 Å². The second-order valence-electron chi connectivity index (χ2n) is 4.78. The lowest BCUT2D eigenvalue weighted by Crippen LogP contribution is -2.28. The summed E-state index contributed by atoms with van der Waals surface area (Å²) in [7, 11) is 0. The van der Waals surface area contributed by atoms with E-state index in [4.69, 9.17) is 0 Å². The number of hydrogen-bond donors (Lipinski definition) is 1. The topological polar surface area (TPSA) is 57.6 Å². The number of hydrogen-bond acceptors (Lipinski definition) is 3. The first-order valence-corrected chi connectivity index (χ1v) is 6.58. The molecule has 1 saturated heterocycles. The van der Waals surface area contributed by atoms with E-state index in [-0.39, 0.29) is 24.0 Å². The SMILES string of the molecule is O=C1C/C(=C\c2ccccc2O)C(=O)N1c1ccccc1. The molecule has 2 aromatic rings.